The molecular weight excluding hydrogens is 300 g/mol. The van der Waals surface area contributed by atoms with Crippen LogP contribution < -0.4 is 5.73 Å². The fourth-order valence-electron chi connectivity index (χ4n) is 1.45. The molecule has 0 saturated heterocycles. The Morgan fingerprint density at radius 1 is 1.04 bits per heavy atom. The van der Waals surface area contributed by atoms with Crippen LogP contribution in [0.5, 0.6) is 0 Å². The zero-order chi connectivity index (χ0) is 19.5. The number of hydrogen-bond acceptors (Lipinski definition) is 3. The van der Waals surface area contributed by atoms with Crippen molar-refractivity contribution in [3.63, 3.8) is 0 Å². The quantitative estimate of drug-likeness (QED) is 0.493. The van der Waals surface area contributed by atoms with E-state index >= 15 is 0 Å². The lowest BCUT2D eigenvalue weighted by atomic mass is 10.1. The van der Waals surface area contributed by atoms with E-state index in [9.17, 15) is 4.79 Å². The van der Waals surface area contributed by atoms with Crippen molar-refractivity contribution < 1.29 is 9.90 Å². The molecule has 0 bridgehead atoms. The number of hydrogen-bond donors (Lipinski definition) is 2. The molecule has 0 saturated carbocycles. The van der Waals surface area contributed by atoms with E-state index in [1.165, 1.54) is 23.3 Å². The normalized spacial score (nSPS) is 11.6. The van der Waals surface area contributed by atoms with Gasteiger partial charge in [0, 0.05) is 17.9 Å². The highest BCUT2D eigenvalue weighted by atomic mass is 16.3. The van der Waals surface area contributed by atoms with Crippen molar-refractivity contribution in [3.8, 4) is 0 Å². The Morgan fingerprint density at radius 3 is 1.92 bits per heavy atom. The van der Waals surface area contributed by atoms with Crippen LogP contribution in [0.2, 0.25) is 0 Å². The van der Waals surface area contributed by atoms with E-state index in [-0.39, 0.29) is 18.6 Å². The minimum absolute atomic E-state index is 0.100. The Balaban J connectivity index is -0.00000102. The first kappa shape index (κ1) is 26.7. The van der Waals surface area contributed by atoms with Crippen LogP contribution in [0.25, 0.3) is 0 Å². The Morgan fingerprint density at radius 2 is 1.58 bits per heavy atom. The van der Waals surface area contributed by atoms with E-state index in [0.29, 0.717) is 12.1 Å². The average molecular weight is 335 g/mol. The molecule has 0 heterocycles. The molecule has 0 radical (unpaired) electrons. The Bertz CT molecular complexity index is 449. The first-order chi connectivity index (χ1) is 11.5. The summed E-state index contributed by atoms with van der Waals surface area (Å²) in [4.78, 5) is 13.0. The molecule has 1 amide bonds. The van der Waals surface area contributed by atoms with Gasteiger partial charge in [0.2, 0.25) is 0 Å². The third-order valence-corrected chi connectivity index (χ3v) is 2.54. The summed E-state index contributed by atoms with van der Waals surface area (Å²) in [5.74, 6) is -0.299. The van der Waals surface area contributed by atoms with Crippen LogP contribution in [0.3, 0.4) is 0 Å². The summed E-state index contributed by atoms with van der Waals surface area (Å²) in [5.41, 5.74) is 7.08. The van der Waals surface area contributed by atoms with Crippen molar-refractivity contribution in [2.75, 3.05) is 6.61 Å². The number of amides is 1. The van der Waals surface area contributed by atoms with Gasteiger partial charge < -0.3 is 10.8 Å². The zero-order valence-electron chi connectivity index (χ0n) is 15.7. The standard InChI is InChI=1S/C16H22N2O2.2C2H6/c1-5-13(11-14(17)12-19)9-10-15(6-2)18(8-4)16(20)7-3;2*1-2/h5-10,14,19H,1-4,11-12,17H2;2*1-2H3/b13-9+,15-10+;;. The highest BCUT2D eigenvalue weighted by molar-refractivity contribution is 5.89. The molecule has 0 fully saturated rings. The Hall–Kier alpha value is -2.17. The smallest absolute Gasteiger partial charge is 0.254 e. The number of carbonyl (C=O) groups excluding carboxylic acids is 1. The summed E-state index contributed by atoms with van der Waals surface area (Å²) < 4.78 is 0. The summed E-state index contributed by atoms with van der Waals surface area (Å²) >= 11 is 0. The van der Waals surface area contributed by atoms with Gasteiger partial charge in [0.15, 0.2) is 0 Å². The minimum atomic E-state index is -0.342. The second-order valence-corrected chi connectivity index (χ2v) is 3.98. The summed E-state index contributed by atoms with van der Waals surface area (Å²) in [7, 11) is 0. The Kier molecular flexibility index (Phi) is 21.0. The van der Waals surface area contributed by atoms with Crippen LogP contribution in [-0.4, -0.2) is 28.6 Å². The molecule has 24 heavy (non-hydrogen) atoms. The number of carbonyl (C=O) groups is 1. The fraction of sp³-hybridized carbons (Fsp3) is 0.350. The largest absolute Gasteiger partial charge is 0.395 e. The maximum Gasteiger partial charge on any atom is 0.254 e. The SMILES string of the molecule is C=CC(=O)N(C=C)/C(C=C)=C/C=C(\C=C)CC(N)CO.CC.CC. The van der Waals surface area contributed by atoms with E-state index in [1.54, 1.807) is 18.2 Å². The van der Waals surface area contributed by atoms with Crippen LogP contribution >= 0.6 is 0 Å². The van der Waals surface area contributed by atoms with Gasteiger partial charge in [0.25, 0.3) is 5.91 Å². The van der Waals surface area contributed by atoms with Crippen LogP contribution in [0.4, 0.5) is 0 Å². The van der Waals surface area contributed by atoms with Gasteiger partial charge in [-0.3, -0.25) is 9.69 Å². The first-order valence-electron chi connectivity index (χ1n) is 8.14. The molecule has 4 nitrogen and oxygen atoms in total. The molecular formula is C20H34N2O2. The van der Waals surface area contributed by atoms with E-state index in [2.05, 4.69) is 26.3 Å². The predicted molar refractivity (Wildman–Crippen MR) is 106 cm³/mol. The molecule has 4 heteroatoms. The average Bonchev–Trinajstić information content (AvgIpc) is 2.66. The third kappa shape index (κ3) is 11.4. The summed E-state index contributed by atoms with van der Waals surface area (Å²) in [6.45, 7) is 22.3. The molecule has 0 spiro atoms. The lowest BCUT2D eigenvalue weighted by Crippen LogP contribution is -2.24. The maximum absolute atomic E-state index is 11.6. The number of rotatable bonds is 9. The van der Waals surface area contributed by atoms with Gasteiger partial charge in [-0.25, -0.2) is 0 Å². The van der Waals surface area contributed by atoms with Crippen molar-refractivity contribution in [2.24, 2.45) is 5.73 Å². The second kappa shape index (κ2) is 18.9. The minimum Gasteiger partial charge on any atom is -0.395 e. The molecule has 0 rings (SSSR count). The van der Waals surface area contributed by atoms with Gasteiger partial charge in [0.1, 0.15) is 0 Å². The molecule has 0 aliphatic heterocycles. The van der Waals surface area contributed by atoms with Crippen LogP contribution in [0, 0.1) is 0 Å². The lowest BCUT2D eigenvalue weighted by molar-refractivity contribution is -0.121. The lowest BCUT2D eigenvalue weighted by Gasteiger charge is -2.16. The van der Waals surface area contributed by atoms with Gasteiger partial charge in [0.05, 0.1) is 6.61 Å². The summed E-state index contributed by atoms with van der Waals surface area (Å²) in [5, 5.41) is 8.94. The Labute approximate surface area is 148 Å². The molecule has 136 valence electrons. The van der Waals surface area contributed by atoms with Crippen molar-refractivity contribution in [2.45, 2.75) is 40.2 Å². The number of allylic oxidation sites excluding steroid dienone is 4. The van der Waals surface area contributed by atoms with Crippen LogP contribution in [0.1, 0.15) is 34.1 Å². The van der Waals surface area contributed by atoms with Gasteiger partial charge >= 0.3 is 0 Å². The molecule has 3 N–H and O–H groups in total. The van der Waals surface area contributed by atoms with E-state index in [1.807, 2.05) is 27.7 Å². The van der Waals surface area contributed by atoms with Crippen molar-refractivity contribution in [3.05, 3.63) is 74.2 Å². The highest BCUT2D eigenvalue weighted by Crippen LogP contribution is 2.11. The van der Waals surface area contributed by atoms with Crippen molar-refractivity contribution >= 4 is 5.91 Å². The van der Waals surface area contributed by atoms with Crippen molar-refractivity contribution in [1.82, 2.24) is 4.90 Å². The molecule has 0 aromatic carbocycles. The predicted octanol–water partition coefficient (Wildman–Crippen LogP) is 4.09. The van der Waals surface area contributed by atoms with E-state index in [0.717, 1.165) is 5.57 Å². The summed E-state index contributed by atoms with van der Waals surface area (Å²) in [6.07, 6.45) is 9.73. The second-order valence-electron chi connectivity index (χ2n) is 3.98. The molecule has 0 aromatic rings. The van der Waals surface area contributed by atoms with E-state index in [4.69, 9.17) is 10.8 Å². The number of nitrogens with zero attached hydrogens (tertiary/aromatic N) is 1. The highest BCUT2D eigenvalue weighted by Gasteiger charge is 2.08. The molecule has 1 unspecified atom stereocenters. The van der Waals surface area contributed by atoms with Crippen LogP contribution in [0.15, 0.2) is 74.2 Å². The topological polar surface area (TPSA) is 66.6 Å². The zero-order valence-corrected chi connectivity index (χ0v) is 15.7. The molecule has 0 aromatic heterocycles. The first-order valence-corrected chi connectivity index (χ1v) is 8.14. The third-order valence-electron chi connectivity index (χ3n) is 2.54. The number of nitrogens with two attached hydrogens (primary N) is 1. The van der Waals surface area contributed by atoms with Gasteiger partial charge in [-0.15, -0.1) is 0 Å². The van der Waals surface area contributed by atoms with Gasteiger partial charge in [-0.1, -0.05) is 66.2 Å². The van der Waals surface area contributed by atoms with Crippen molar-refractivity contribution in [1.29, 1.82) is 0 Å². The van der Waals surface area contributed by atoms with Gasteiger partial charge in [-0.2, -0.15) is 0 Å². The maximum atomic E-state index is 11.6. The van der Waals surface area contributed by atoms with E-state index < -0.39 is 0 Å². The number of aliphatic hydroxyl groups is 1. The van der Waals surface area contributed by atoms with Gasteiger partial charge in [-0.05, 0) is 30.2 Å². The summed E-state index contributed by atoms with van der Waals surface area (Å²) in [6, 6.07) is -0.342. The monoisotopic (exact) mass is 334 g/mol. The fourth-order valence-corrected chi connectivity index (χ4v) is 1.45. The molecule has 0 aliphatic carbocycles. The molecule has 0 aliphatic rings. The number of aliphatic hydroxyl groups excluding tert-OH is 1. The van der Waals surface area contributed by atoms with Crippen LogP contribution in [-0.2, 0) is 4.79 Å². The molecule has 1 atom stereocenters.